The molecule has 0 bridgehead atoms. The fraction of sp³-hybridized carbons (Fsp3) is 0.714. The van der Waals surface area contributed by atoms with Crippen LogP contribution in [0, 0.1) is 11.3 Å². The van der Waals surface area contributed by atoms with Crippen molar-refractivity contribution in [3.8, 4) is 0 Å². The third-order valence-corrected chi connectivity index (χ3v) is 6.05. The Morgan fingerprint density at radius 3 is 2.38 bits per heavy atom. The van der Waals surface area contributed by atoms with Crippen molar-refractivity contribution in [1.82, 2.24) is 14.3 Å². The van der Waals surface area contributed by atoms with Crippen LogP contribution in [0.25, 0.3) is 0 Å². The van der Waals surface area contributed by atoms with Gasteiger partial charge in [-0.15, -0.1) is 0 Å². The third kappa shape index (κ3) is 3.71. The van der Waals surface area contributed by atoms with Crippen molar-refractivity contribution >= 4 is 16.0 Å². The highest BCUT2D eigenvalue weighted by molar-refractivity contribution is 7.89. The van der Waals surface area contributed by atoms with Gasteiger partial charge in [0.1, 0.15) is 4.90 Å². The molecule has 0 spiro atoms. The van der Waals surface area contributed by atoms with Crippen LogP contribution in [0.4, 0.5) is 5.95 Å². The molecular formula is C14H24N4O2S. The van der Waals surface area contributed by atoms with Gasteiger partial charge in [0.25, 0.3) is 0 Å². The van der Waals surface area contributed by atoms with E-state index in [1.807, 2.05) is 0 Å². The van der Waals surface area contributed by atoms with Crippen molar-refractivity contribution < 1.29 is 8.42 Å². The molecule has 1 aliphatic heterocycles. The van der Waals surface area contributed by atoms with Gasteiger partial charge in [0.15, 0.2) is 0 Å². The van der Waals surface area contributed by atoms with Crippen LogP contribution < -0.4 is 5.73 Å². The zero-order valence-electron chi connectivity index (χ0n) is 12.9. The molecule has 0 saturated carbocycles. The lowest BCUT2D eigenvalue weighted by atomic mass is 9.77. The normalized spacial score (nSPS) is 22.0. The first-order chi connectivity index (χ1) is 9.71. The average Bonchev–Trinajstić information content (AvgIpc) is 2.64. The van der Waals surface area contributed by atoms with Gasteiger partial charge >= 0.3 is 0 Å². The molecule has 1 aromatic rings. The van der Waals surface area contributed by atoms with Gasteiger partial charge in [-0.05, 0) is 30.6 Å². The molecule has 2 rings (SSSR count). The predicted molar refractivity (Wildman–Crippen MR) is 82.0 cm³/mol. The highest BCUT2D eigenvalue weighted by atomic mass is 32.2. The summed E-state index contributed by atoms with van der Waals surface area (Å²) < 4.78 is 26.8. The van der Waals surface area contributed by atoms with E-state index >= 15 is 0 Å². The maximum Gasteiger partial charge on any atom is 0.246 e. The standard InChI is InChI=1S/C14H24N4O2S/c1-14(2,3)11-5-4-7-18(8-6-11)21(19,20)12-9-16-13(15)17-10-12/h9-11H,4-8H2,1-3H3,(H2,15,16,17). The van der Waals surface area contributed by atoms with Gasteiger partial charge in [-0.3, -0.25) is 0 Å². The fourth-order valence-corrected chi connectivity index (χ4v) is 4.17. The van der Waals surface area contributed by atoms with Gasteiger partial charge in [-0.25, -0.2) is 18.4 Å². The molecule has 1 aliphatic rings. The topological polar surface area (TPSA) is 89.2 Å². The van der Waals surface area contributed by atoms with E-state index in [9.17, 15) is 8.42 Å². The Balaban J connectivity index is 2.16. The lowest BCUT2D eigenvalue weighted by molar-refractivity contribution is 0.217. The number of nitrogens with zero attached hydrogens (tertiary/aromatic N) is 3. The number of aromatic nitrogens is 2. The smallest absolute Gasteiger partial charge is 0.246 e. The summed E-state index contributed by atoms with van der Waals surface area (Å²) in [6.07, 6.45) is 5.40. The highest BCUT2D eigenvalue weighted by Crippen LogP contribution is 2.35. The second-order valence-electron chi connectivity index (χ2n) is 6.67. The summed E-state index contributed by atoms with van der Waals surface area (Å²) in [5.41, 5.74) is 5.62. The maximum atomic E-state index is 12.6. The van der Waals surface area contributed by atoms with Crippen molar-refractivity contribution in [2.75, 3.05) is 18.8 Å². The zero-order chi connectivity index (χ0) is 15.7. The zero-order valence-corrected chi connectivity index (χ0v) is 13.7. The molecule has 0 aromatic carbocycles. The van der Waals surface area contributed by atoms with Crippen molar-refractivity contribution in [3.63, 3.8) is 0 Å². The average molecular weight is 312 g/mol. The van der Waals surface area contributed by atoms with Crippen LogP contribution in [0.3, 0.4) is 0 Å². The first kappa shape index (κ1) is 16.2. The first-order valence-corrected chi connectivity index (χ1v) is 8.73. The minimum atomic E-state index is -3.52. The molecule has 1 atom stereocenters. The Morgan fingerprint density at radius 1 is 1.19 bits per heavy atom. The quantitative estimate of drug-likeness (QED) is 0.901. The van der Waals surface area contributed by atoms with Crippen LogP contribution in [0.5, 0.6) is 0 Å². The van der Waals surface area contributed by atoms with Crippen LogP contribution in [0.2, 0.25) is 0 Å². The van der Waals surface area contributed by atoms with E-state index in [0.717, 1.165) is 19.3 Å². The van der Waals surface area contributed by atoms with E-state index in [1.54, 1.807) is 4.31 Å². The lowest BCUT2D eigenvalue weighted by Gasteiger charge is -2.29. The summed E-state index contributed by atoms with van der Waals surface area (Å²) in [5.74, 6) is 0.623. The Kier molecular flexibility index (Phi) is 4.53. The van der Waals surface area contributed by atoms with E-state index in [2.05, 4.69) is 30.7 Å². The minimum Gasteiger partial charge on any atom is -0.368 e. The molecule has 0 aliphatic carbocycles. The molecule has 6 nitrogen and oxygen atoms in total. The van der Waals surface area contributed by atoms with E-state index in [-0.39, 0.29) is 16.3 Å². The molecule has 0 radical (unpaired) electrons. The van der Waals surface area contributed by atoms with Crippen molar-refractivity contribution in [3.05, 3.63) is 12.4 Å². The summed E-state index contributed by atoms with van der Waals surface area (Å²) in [6, 6.07) is 0. The Bertz CT molecular complexity index is 578. The number of nitrogen functional groups attached to an aromatic ring is 1. The van der Waals surface area contributed by atoms with Crippen LogP contribution in [0.1, 0.15) is 40.0 Å². The Morgan fingerprint density at radius 2 is 1.81 bits per heavy atom. The summed E-state index contributed by atoms with van der Waals surface area (Å²) in [4.78, 5) is 7.67. The molecule has 1 fully saturated rings. The molecule has 0 amide bonds. The van der Waals surface area contributed by atoms with Crippen LogP contribution in [-0.4, -0.2) is 35.8 Å². The second-order valence-corrected chi connectivity index (χ2v) is 8.61. The SMILES string of the molecule is CC(C)(C)C1CCCN(S(=O)(=O)c2cnc(N)nc2)CC1. The van der Waals surface area contributed by atoms with Gasteiger partial charge in [0.2, 0.25) is 16.0 Å². The fourth-order valence-electron chi connectivity index (χ4n) is 2.78. The molecule has 1 saturated heterocycles. The minimum absolute atomic E-state index is 0.0811. The largest absolute Gasteiger partial charge is 0.368 e. The summed E-state index contributed by atoms with van der Waals surface area (Å²) in [5, 5.41) is 0. The predicted octanol–water partition coefficient (Wildman–Crippen LogP) is 1.90. The first-order valence-electron chi connectivity index (χ1n) is 7.29. The van der Waals surface area contributed by atoms with Crippen LogP contribution in [-0.2, 0) is 10.0 Å². The number of rotatable bonds is 2. The van der Waals surface area contributed by atoms with E-state index in [1.165, 1.54) is 12.4 Å². The van der Waals surface area contributed by atoms with Gasteiger partial charge in [0, 0.05) is 13.1 Å². The summed E-state index contributed by atoms with van der Waals surface area (Å²) in [6.45, 7) is 7.76. The number of hydrogen-bond donors (Lipinski definition) is 1. The molecule has 1 aromatic heterocycles. The van der Waals surface area contributed by atoms with Gasteiger partial charge in [0.05, 0.1) is 12.4 Å². The van der Waals surface area contributed by atoms with Crippen LogP contribution >= 0.6 is 0 Å². The monoisotopic (exact) mass is 312 g/mol. The maximum absolute atomic E-state index is 12.6. The Labute approximate surface area is 126 Å². The number of hydrogen-bond acceptors (Lipinski definition) is 5. The second kappa shape index (κ2) is 5.88. The number of nitrogens with two attached hydrogens (primary N) is 1. The van der Waals surface area contributed by atoms with E-state index < -0.39 is 10.0 Å². The number of sulfonamides is 1. The molecule has 2 heterocycles. The molecule has 7 heteroatoms. The Hall–Kier alpha value is -1.21. The highest BCUT2D eigenvalue weighted by Gasteiger charge is 2.32. The van der Waals surface area contributed by atoms with Gasteiger partial charge in [-0.2, -0.15) is 4.31 Å². The molecule has 2 N–H and O–H groups in total. The molecule has 1 unspecified atom stereocenters. The molecular weight excluding hydrogens is 288 g/mol. The van der Waals surface area contributed by atoms with E-state index in [0.29, 0.717) is 19.0 Å². The van der Waals surface area contributed by atoms with E-state index in [4.69, 9.17) is 5.73 Å². The molecule has 21 heavy (non-hydrogen) atoms. The molecule has 118 valence electrons. The number of anilines is 1. The van der Waals surface area contributed by atoms with Crippen molar-refractivity contribution in [1.29, 1.82) is 0 Å². The summed E-state index contributed by atoms with van der Waals surface area (Å²) >= 11 is 0. The van der Waals surface area contributed by atoms with Gasteiger partial charge in [-0.1, -0.05) is 20.8 Å². The van der Waals surface area contributed by atoms with Gasteiger partial charge < -0.3 is 5.73 Å². The summed E-state index contributed by atoms with van der Waals surface area (Å²) in [7, 11) is -3.52. The lowest BCUT2D eigenvalue weighted by Crippen LogP contribution is -2.32. The van der Waals surface area contributed by atoms with Crippen molar-refractivity contribution in [2.45, 2.75) is 44.9 Å². The van der Waals surface area contributed by atoms with Crippen LogP contribution in [0.15, 0.2) is 17.3 Å². The van der Waals surface area contributed by atoms with Crippen molar-refractivity contribution in [2.24, 2.45) is 11.3 Å². The third-order valence-electron chi connectivity index (χ3n) is 4.20.